The number of carbonyl (C=O) groups is 3. The molecule has 3 unspecified atom stereocenters. The minimum Gasteiger partial charge on any atom is -0.508 e. The van der Waals surface area contributed by atoms with Gasteiger partial charge in [0.2, 0.25) is 5.91 Å². The van der Waals surface area contributed by atoms with E-state index in [1.807, 2.05) is 44.4 Å². The summed E-state index contributed by atoms with van der Waals surface area (Å²) < 4.78 is 5.48. The van der Waals surface area contributed by atoms with Crippen LogP contribution in [0.25, 0.3) is 0 Å². The second-order valence-corrected chi connectivity index (χ2v) is 12.8. The van der Waals surface area contributed by atoms with Gasteiger partial charge in [0.15, 0.2) is 0 Å². The van der Waals surface area contributed by atoms with E-state index < -0.39 is 23.8 Å². The molecule has 0 aromatic heterocycles. The van der Waals surface area contributed by atoms with Crippen LogP contribution in [0.5, 0.6) is 5.75 Å². The number of amides is 3. The molecule has 3 N–H and O–H groups in total. The van der Waals surface area contributed by atoms with Gasteiger partial charge in [0.05, 0.1) is 0 Å². The SMILES string of the molecule is CSCCC(NC(=O)OC(C)(C)C)C(=O)N(C(C)CCC(C)C)C(C(=O)Nc1ccccc1C)c1ccc(O)cc1. The van der Waals surface area contributed by atoms with Crippen molar-refractivity contribution in [1.29, 1.82) is 0 Å². The monoisotopic (exact) mass is 585 g/mol. The second-order valence-electron chi connectivity index (χ2n) is 11.8. The van der Waals surface area contributed by atoms with Crippen molar-refractivity contribution in [2.45, 2.75) is 91.5 Å². The van der Waals surface area contributed by atoms with E-state index in [0.717, 1.165) is 12.0 Å². The maximum absolute atomic E-state index is 14.5. The molecule has 226 valence electrons. The van der Waals surface area contributed by atoms with E-state index in [-0.39, 0.29) is 23.6 Å². The van der Waals surface area contributed by atoms with Crippen LogP contribution in [0.1, 0.15) is 78.0 Å². The van der Waals surface area contributed by atoms with Gasteiger partial charge in [0.1, 0.15) is 23.4 Å². The Bertz CT molecular complexity index is 1150. The molecule has 0 aliphatic carbocycles. The number of hydrogen-bond donors (Lipinski definition) is 3. The zero-order valence-electron chi connectivity index (χ0n) is 25.7. The molecule has 0 fully saturated rings. The van der Waals surface area contributed by atoms with E-state index in [2.05, 4.69) is 24.5 Å². The number of ether oxygens (including phenoxy) is 1. The van der Waals surface area contributed by atoms with Gasteiger partial charge in [-0.25, -0.2) is 4.79 Å². The lowest BCUT2D eigenvalue weighted by molar-refractivity contribution is -0.143. The smallest absolute Gasteiger partial charge is 0.408 e. The molecule has 8 nitrogen and oxygen atoms in total. The van der Waals surface area contributed by atoms with Crippen LogP contribution in [0.4, 0.5) is 10.5 Å². The lowest BCUT2D eigenvalue weighted by Crippen LogP contribution is -2.55. The number of phenolic OH excluding ortho intramolecular Hbond substituents is 1. The molecule has 3 amide bonds. The molecular weight excluding hydrogens is 538 g/mol. The molecule has 0 aliphatic heterocycles. The van der Waals surface area contributed by atoms with Gasteiger partial charge < -0.3 is 25.4 Å². The number of benzene rings is 2. The summed E-state index contributed by atoms with van der Waals surface area (Å²) in [6, 6.07) is 11.6. The maximum atomic E-state index is 14.5. The third-order valence-electron chi connectivity index (χ3n) is 6.63. The van der Waals surface area contributed by atoms with Crippen LogP contribution >= 0.6 is 11.8 Å². The molecule has 0 spiro atoms. The summed E-state index contributed by atoms with van der Waals surface area (Å²) in [5, 5.41) is 15.8. The molecule has 2 aromatic carbocycles. The number of carbonyl (C=O) groups excluding carboxylic acids is 3. The standard InChI is InChI=1S/C32H47N3O5S/c1-21(2)13-14-23(4)35(30(38)27(19-20-41-8)34-31(39)40-32(5,6)7)28(24-15-17-25(36)18-16-24)29(37)33-26-12-10-9-11-22(26)3/h9-12,15-18,21,23,27-28,36H,13-14,19-20H2,1-8H3,(H,33,37)(H,34,39). The van der Waals surface area contributed by atoms with E-state index in [4.69, 9.17) is 4.74 Å². The van der Waals surface area contributed by atoms with Crippen molar-refractivity contribution >= 4 is 35.4 Å². The van der Waals surface area contributed by atoms with Gasteiger partial charge >= 0.3 is 6.09 Å². The van der Waals surface area contributed by atoms with Crippen molar-refractivity contribution < 1.29 is 24.2 Å². The predicted octanol–water partition coefficient (Wildman–Crippen LogP) is 6.68. The van der Waals surface area contributed by atoms with Gasteiger partial charge in [-0.2, -0.15) is 11.8 Å². The van der Waals surface area contributed by atoms with E-state index in [1.54, 1.807) is 49.6 Å². The zero-order valence-corrected chi connectivity index (χ0v) is 26.5. The fourth-order valence-electron chi connectivity index (χ4n) is 4.44. The number of anilines is 1. The molecule has 9 heteroatoms. The Kier molecular flexibility index (Phi) is 13.0. The van der Waals surface area contributed by atoms with Crippen LogP contribution in [-0.2, 0) is 14.3 Å². The number of hydrogen-bond acceptors (Lipinski definition) is 6. The van der Waals surface area contributed by atoms with E-state index >= 15 is 0 Å². The number of thioether (sulfide) groups is 1. The van der Waals surface area contributed by atoms with Gasteiger partial charge in [0.25, 0.3) is 5.91 Å². The van der Waals surface area contributed by atoms with Crippen LogP contribution in [-0.4, -0.2) is 57.6 Å². The van der Waals surface area contributed by atoms with Gasteiger partial charge in [-0.05, 0) is 101 Å². The molecular formula is C32H47N3O5S. The highest BCUT2D eigenvalue weighted by Gasteiger charge is 2.39. The van der Waals surface area contributed by atoms with Crippen LogP contribution in [0.3, 0.4) is 0 Å². The summed E-state index contributed by atoms with van der Waals surface area (Å²) in [6.45, 7) is 13.4. The molecule has 0 heterocycles. The highest BCUT2D eigenvalue weighted by atomic mass is 32.2. The van der Waals surface area contributed by atoms with E-state index in [9.17, 15) is 19.5 Å². The number of alkyl carbamates (subject to hydrolysis) is 1. The maximum Gasteiger partial charge on any atom is 0.408 e. The van der Waals surface area contributed by atoms with E-state index in [0.29, 0.717) is 35.8 Å². The molecule has 3 atom stereocenters. The number of rotatable bonds is 13. The van der Waals surface area contributed by atoms with Crippen molar-refractivity contribution in [3.8, 4) is 5.75 Å². The molecule has 0 saturated carbocycles. The van der Waals surface area contributed by atoms with Crippen molar-refractivity contribution in [3.05, 3.63) is 59.7 Å². The molecule has 0 saturated heterocycles. The summed E-state index contributed by atoms with van der Waals surface area (Å²) in [4.78, 5) is 43.0. The zero-order chi connectivity index (χ0) is 30.7. The third-order valence-corrected chi connectivity index (χ3v) is 7.27. The Labute approximate surface area is 249 Å². The number of nitrogens with one attached hydrogen (secondary N) is 2. The molecule has 2 aromatic rings. The summed E-state index contributed by atoms with van der Waals surface area (Å²) in [7, 11) is 0. The number of phenols is 1. The quantitative estimate of drug-likeness (QED) is 0.242. The van der Waals surface area contributed by atoms with Crippen LogP contribution in [0, 0.1) is 12.8 Å². The highest BCUT2D eigenvalue weighted by Crippen LogP contribution is 2.30. The van der Waals surface area contributed by atoms with E-state index in [1.165, 1.54) is 12.1 Å². The Hall–Kier alpha value is -3.20. The fraction of sp³-hybridized carbons (Fsp3) is 0.531. The van der Waals surface area contributed by atoms with Crippen molar-refractivity contribution in [2.24, 2.45) is 5.92 Å². The minimum atomic E-state index is -1.01. The lowest BCUT2D eigenvalue weighted by Gasteiger charge is -2.39. The number of aryl methyl sites for hydroxylation is 1. The molecule has 41 heavy (non-hydrogen) atoms. The summed E-state index contributed by atoms with van der Waals surface area (Å²) >= 11 is 1.57. The largest absolute Gasteiger partial charge is 0.508 e. The number of aromatic hydroxyl groups is 1. The average Bonchev–Trinajstić information content (AvgIpc) is 2.88. The number of nitrogens with zero attached hydrogens (tertiary/aromatic N) is 1. The first kappa shape index (κ1) is 34.0. The summed E-state index contributed by atoms with van der Waals surface area (Å²) in [6.07, 6.45) is 3.14. The Morgan fingerprint density at radius 1 is 0.976 bits per heavy atom. The average molecular weight is 586 g/mol. The topological polar surface area (TPSA) is 108 Å². The molecule has 0 bridgehead atoms. The lowest BCUT2D eigenvalue weighted by atomic mass is 9.96. The Morgan fingerprint density at radius 2 is 1.61 bits per heavy atom. The van der Waals surface area contributed by atoms with Gasteiger partial charge in [-0.3, -0.25) is 9.59 Å². The fourth-order valence-corrected chi connectivity index (χ4v) is 4.92. The van der Waals surface area contributed by atoms with Crippen LogP contribution in [0.2, 0.25) is 0 Å². The van der Waals surface area contributed by atoms with Gasteiger partial charge in [-0.1, -0.05) is 44.2 Å². The minimum absolute atomic E-state index is 0.0574. The molecule has 0 aliphatic rings. The Balaban J connectivity index is 2.61. The molecule has 0 radical (unpaired) electrons. The number of para-hydroxylation sites is 1. The predicted molar refractivity (Wildman–Crippen MR) is 167 cm³/mol. The van der Waals surface area contributed by atoms with Crippen LogP contribution in [0.15, 0.2) is 48.5 Å². The summed E-state index contributed by atoms with van der Waals surface area (Å²) in [5.41, 5.74) is 1.36. The van der Waals surface area contributed by atoms with Crippen molar-refractivity contribution in [3.63, 3.8) is 0 Å². The van der Waals surface area contributed by atoms with Crippen molar-refractivity contribution in [1.82, 2.24) is 10.2 Å². The summed E-state index contributed by atoms with van der Waals surface area (Å²) in [5.74, 6) is 0.339. The highest BCUT2D eigenvalue weighted by molar-refractivity contribution is 7.98. The normalized spacial score (nSPS) is 13.7. The van der Waals surface area contributed by atoms with Gasteiger partial charge in [0, 0.05) is 11.7 Å². The first-order valence-electron chi connectivity index (χ1n) is 14.2. The first-order chi connectivity index (χ1) is 19.2. The third kappa shape index (κ3) is 10.9. The van der Waals surface area contributed by atoms with Gasteiger partial charge in [-0.15, -0.1) is 0 Å². The Morgan fingerprint density at radius 3 is 2.17 bits per heavy atom. The first-order valence-corrected chi connectivity index (χ1v) is 15.6. The van der Waals surface area contributed by atoms with Crippen LogP contribution < -0.4 is 10.6 Å². The van der Waals surface area contributed by atoms with Crippen molar-refractivity contribution in [2.75, 3.05) is 17.3 Å². The second kappa shape index (κ2) is 15.7. The molecule has 2 rings (SSSR count).